The summed E-state index contributed by atoms with van der Waals surface area (Å²) < 4.78 is 0. The molecule has 2 aromatic rings. The molecule has 0 saturated carbocycles. The maximum atomic E-state index is 11.9. The second-order valence-corrected chi connectivity index (χ2v) is 4.73. The number of aryl methyl sites for hydroxylation is 1. The number of aromatic nitrogens is 1. The summed E-state index contributed by atoms with van der Waals surface area (Å²) in [6, 6.07) is 15.2. The van der Waals surface area contributed by atoms with Crippen LogP contribution < -0.4 is 11.1 Å². The summed E-state index contributed by atoms with van der Waals surface area (Å²) >= 11 is 0. The summed E-state index contributed by atoms with van der Waals surface area (Å²) in [6.07, 6.45) is 0.696. The van der Waals surface area contributed by atoms with Crippen molar-refractivity contribution >= 4 is 5.91 Å². The van der Waals surface area contributed by atoms with Crippen LogP contribution in [-0.4, -0.2) is 17.4 Å². The van der Waals surface area contributed by atoms with Crippen molar-refractivity contribution in [2.75, 3.05) is 6.54 Å². The van der Waals surface area contributed by atoms with Gasteiger partial charge in [0.15, 0.2) is 0 Å². The van der Waals surface area contributed by atoms with E-state index in [9.17, 15) is 4.79 Å². The van der Waals surface area contributed by atoms with Crippen molar-refractivity contribution in [3.05, 3.63) is 65.5 Å². The molecule has 1 unspecified atom stereocenters. The van der Waals surface area contributed by atoms with Gasteiger partial charge >= 0.3 is 0 Å². The van der Waals surface area contributed by atoms with Crippen LogP contribution in [-0.2, 0) is 0 Å². The van der Waals surface area contributed by atoms with Crippen molar-refractivity contribution < 1.29 is 4.79 Å². The molecule has 20 heavy (non-hydrogen) atoms. The van der Waals surface area contributed by atoms with E-state index >= 15 is 0 Å². The first-order valence-corrected chi connectivity index (χ1v) is 6.69. The second-order valence-electron chi connectivity index (χ2n) is 4.73. The fraction of sp³-hybridized carbons (Fsp3) is 0.250. The third kappa shape index (κ3) is 3.90. The number of hydrogen-bond donors (Lipinski definition) is 2. The van der Waals surface area contributed by atoms with Crippen LogP contribution in [0.15, 0.2) is 48.5 Å². The molecular weight excluding hydrogens is 250 g/mol. The van der Waals surface area contributed by atoms with Gasteiger partial charge in [-0.15, -0.1) is 0 Å². The number of carbonyl (C=O) groups is 1. The number of carbonyl (C=O) groups excluding carboxylic acids is 1. The molecule has 0 bridgehead atoms. The fourth-order valence-corrected chi connectivity index (χ4v) is 1.97. The molecule has 3 N–H and O–H groups in total. The van der Waals surface area contributed by atoms with Crippen LogP contribution in [0.1, 0.15) is 34.2 Å². The van der Waals surface area contributed by atoms with Gasteiger partial charge in [-0.1, -0.05) is 36.4 Å². The van der Waals surface area contributed by atoms with E-state index in [1.54, 1.807) is 6.07 Å². The van der Waals surface area contributed by atoms with Crippen LogP contribution in [0.4, 0.5) is 0 Å². The molecule has 2 rings (SSSR count). The lowest BCUT2D eigenvalue weighted by Gasteiger charge is -2.12. The molecule has 104 valence electrons. The zero-order chi connectivity index (χ0) is 14.4. The number of benzene rings is 1. The normalized spacial score (nSPS) is 11.9. The molecule has 0 aliphatic heterocycles. The monoisotopic (exact) mass is 269 g/mol. The molecule has 0 fully saturated rings. The number of nitrogens with two attached hydrogens (primary N) is 1. The van der Waals surface area contributed by atoms with Gasteiger partial charge in [-0.3, -0.25) is 4.79 Å². The molecule has 0 aliphatic rings. The third-order valence-corrected chi connectivity index (χ3v) is 3.09. The molecule has 1 aromatic carbocycles. The summed E-state index contributed by atoms with van der Waals surface area (Å²) in [5.41, 5.74) is 8.43. The Balaban J connectivity index is 1.83. The molecule has 0 radical (unpaired) electrons. The highest BCUT2D eigenvalue weighted by Gasteiger charge is 2.09. The van der Waals surface area contributed by atoms with Crippen molar-refractivity contribution in [3.8, 4) is 0 Å². The predicted molar refractivity (Wildman–Crippen MR) is 79.3 cm³/mol. The Bertz CT molecular complexity index is 569. The highest BCUT2D eigenvalue weighted by molar-refractivity contribution is 5.92. The first-order chi connectivity index (χ1) is 9.66. The van der Waals surface area contributed by atoms with Crippen LogP contribution >= 0.6 is 0 Å². The number of hydrogen-bond acceptors (Lipinski definition) is 3. The van der Waals surface area contributed by atoms with Gasteiger partial charge < -0.3 is 11.1 Å². The van der Waals surface area contributed by atoms with E-state index in [0.29, 0.717) is 18.7 Å². The van der Waals surface area contributed by atoms with E-state index in [2.05, 4.69) is 10.3 Å². The third-order valence-electron chi connectivity index (χ3n) is 3.09. The minimum atomic E-state index is -0.158. The van der Waals surface area contributed by atoms with Gasteiger partial charge in [0.1, 0.15) is 5.69 Å². The van der Waals surface area contributed by atoms with Crippen molar-refractivity contribution in [2.24, 2.45) is 5.73 Å². The molecule has 0 spiro atoms. The second kappa shape index (κ2) is 6.82. The summed E-state index contributed by atoms with van der Waals surface area (Å²) in [5, 5.41) is 2.85. The molecule has 4 heteroatoms. The van der Waals surface area contributed by atoms with Crippen molar-refractivity contribution in [3.63, 3.8) is 0 Å². The summed E-state index contributed by atoms with van der Waals surface area (Å²) in [4.78, 5) is 16.1. The highest BCUT2D eigenvalue weighted by Crippen LogP contribution is 2.12. The molecule has 0 saturated heterocycles. The molecule has 1 heterocycles. The van der Waals surface area contributed by atoms with Crippen molar-refractivity contribution in [2.45, 2.75) is 19.4 Å². The van der Waals surface area contributed by atoms with Crippen LogP contribution in [0.5, 0.6) is 0 Å². The van der Waals surface area contributed by atoms with E-state index in [4.69, 9.17) is 5.73 Å². The Hall–Kier alpha value is -2.20. The van der Waals surface area contributed by atoms with Gasteiger partial charge in [0.2, 0.25) is 0 Å². The maximum Gasteiger partial charge on any atom is 0.269 e. The highest BCUT2D eigenvalue weighted by atomic mass is 16.1. The molecule has 4 nitrogen and oxygen atoms in total. The predicted octanol–water partition coefficient (Wildman–Crippen LogP) is 2.21. The average Bonchev–Trinajstić information content (AvgIpc) is 2.48. The van der Waals surface area contributed by atoms with Gasteiger partial charge in [-0.2, -0.15) is 0 Å². The minimum Gasteiger partial charge on any atom is -0.351 e. The van der Waals surface area contributed by atoms with E-state index in [-0.39, 0.29) is 11.9 Å². The zero-order valence-corrected chi connectivity index (χ0v) is 11.5. The molecule has 0 aliphatic carbocycles. The Kier molecular flexibility index (Phi) is 4.85. The van der Waals surface area contributed by atoms with Crippen LogP contribution in [0.25, 0.3) is 0 Å². The lowest BCUT2D eigenvalue weighted by molar-refractivity contribution is 0.0947. The quantitative estimate of drug-likeness (QED) is 0.874. The van der Waals surface area contributed by atoms with E-state index in [1.165, 1.54) is 0 Å². The fourth-order valence-electron chi connectivity index (χ4n) is 1.97. The molecular formula is C16H19N3O. The summed E-state index contributed by atoms with van der Waals surface area (Å²) in [6.45, 7) is 2.40. The van der Waals surface area contributed by atoms with Crippen LogP contribution in [0, 0.1) is 6.92 Å². The van der Waals surface area contributed by atoms with Gasteiger partial charge in [-0.05, 0) is 31.0 Å². The standard InChI is InChI=1S/C16H19N3O/c1-12-6-5-9-15(19-12)16(20)18-11-10-14(17)13-7-3-2-4-8-13/h2-9,14H,10-11,17H2,1H3,(H,18,20). The van der Waals surface area contributed by atoms with E-state index in [1.807, 2.05) is 49.4 Å². The van der Waals surface area contributed by atoms with E-state index < -0.39 is 0 Å². The van der Waals surface area contributed by atoms with Crippen molar-refractivity contribution in [1.82, 2.24) is 10.3 Å². The Morgan fingerprint density at radius 3 is 2.65 bits per heavy atom. The van der Waals surface area contributed by atoms with Crippen LogP contribution in [0.3, 0.4) is 0 Å². The lowest BCUT2D eigenvalue weighted by Crippen LogP contribution is -2.28. The average molecular weight is 269 g/mol. The SMILES string of the molecule is Cc1cccc(C(=O)NCCC(N)c2ccccc2)n1. The van der Waals surface area contributed by atoms with Crippen molar-refractivity contribution in [1.29, 1.82) is 0 Å². The number of amides is 1. The van der Waals surface area contributed by atoms with Gasteiger partial charge in [0.25, 0.3) is 5.91 Å². The summed E-state index contributed by atoms with van der Waals surface area (Å²) in [5.74, 6) is -0.158. The number of nitrogens with zero attached hydrogens (tertiary/aromatic N) is 1. The Morgan fingerprint density at radius 2 is 1.95 bits per heavy atom. The first kappa shape index (κ1) is 14.2. The smallest absolute Gasteiger partial charge is 0.269 e. The number of rotatable bonds is 5. The largest absolute Gasteiger partial charge is 0.351 e. The number of pyridine rings is 1. The first-order valence-electron chi connectivity index (χ1n) is 6.69. The van der Waals surface area contributed by atoms with Gasteiger partial charge in [-0.25, -0.2) is 4.98 Å². The van der Waals surface area contributed by atoms with Crippen LogP contribution in [0.2, 0.25) is 0 Å². The lowest BCUT2D eigenvalue weighted by atomic mass is 10.1. The van der Waals surface area contributed by atoms with Gasteiger partial charge in [0.05, 0.1) is 0 Å². The zero-order valence-electron chi connectivity index (χ0n) is 11.5. The Labute approximate surface area is 119 Å². The molecule has 1 amide bonds. The van der Waals surface area contributed by atoms with E-state index in [0.717, 1.165) is 11.3 Å². The minimum absolute atomic E-state index is 0.0676. The molecule has 1 atom stereocenters. The van der Waals surface area contributed by atoms with Gasteiger partial charge in [0, 0.05) is 18.3 Å². The summed E-state index contributed by atoms with van der Waals surface area (Å²) in [7, 11) is 0. The topological polar surface area (TPSA) is 68.0 Å². The molecule has 1 aromatic heterocycles. The number of nitrogens with one attached hydrogen (secondary N) is 1. The maximum absolute atomic E-state index is 11.9. The Morgan fingerprint density at radius 1 is 1.20 bits per heavy atom.